The first-order chi connectivity index (χ1) is 10.0. The van der Waals surface area contributed by atoms with E-state index in [9.17, 15) is 15.0 Å². The fraction of sp³-hybridized carbons (Fsp3) is 0.188. The Morgan fingerprint density at radius 2 is 1.81 bits per heavy atom. The van der Waals surface area contributed by atoms with Crippen LogP contribution in [-0.2, 0) is 0 Å². The lowest BCUT2D eigenvalue weighted by molar-refractivity contribution is 0.0342. The fourth-order valence-electron chi connectivity index (χ4n) is 2.01. The molecule has 0 radical (unpaired) electrons. The molecule has 0 aromatic heterocycles. The molecule has 0 fully saturated rings. The number of benzene rings is 2. The minimum absolute atomic E-state index is 0.213. The zero-order valence-corrected chi connectivity index (χ0v) is 12.8. The smallest absolute Gasteiger partial charge is 0.195 e. The molecule has 4 nitrogen and oxygen atoms in total. The number of hydrogen-bond acceptors (Lipinski definition) is 4. The summed E-state index contributed by atoms with van der Waals surface area (Å²) in [5.74, 6) is -0.213. The van der Waals surface area contributed by atoms with Crippen molar-refractivity contribution in [3.63, 3.8) is 0 Å². The quantitative estimate of drug-likeness (QED) is 0.439. The maximum atomic E-state index is 12.4. The molecule has 2 rings (SSSR count). The van der Waals surface area contributed by atoms with E-state index >= 15 is 0 Å². The second kappa shape index (κ2) is 6.85. The third kappa shape index (κ3) is 3.50. The molecular weight excluding hydrogens is 334 g/mol. The summed E-state index contributed by atoms with van der Waals surface area (Å²) in [7, 11) is 0. The molecule has 0 bridgehead atoms. The van der Waals surface area contributed by atoms with Gasteiger partial charge >= 0.3 is 0 Å². The van der Waals surface area contributed by atoms with Gasteiger partial charge in [-0.25, -0.2) is 0 Å². The average Bonchev–Trinajstić information content (AvgIpc) is 2.54. The highest BCUT2D eigenvalue weighted by molar-refractivity contribution is 9.09. The number of rotatable bonds is 5. The van der Waals surface area contributed by atoms with Crippen molar-refractivity contribution in [2.45, 2.75) is 12.2 Å². The number of nitrogen functional groups attached to an aromatic ring is 1. The second-order valence-electron chi connectivity index (χ2n) is 4.71. The molecule has 0 saturated heterocycles. The van der Waals surface area contributed by atoms with Gasteiger partial charge in [0.15, 0.2) is 5.78 Å². The SMILES string of the molecule is Nc1ccc(C(O)C(O)CBr)cc1C(=O)c1ccccc1. The molecule has 2 aromatic carbocycles. The van der Waals surface area contributed by atoms with E-state index in [1.807, 2.05) is 6.07 Å². The molecule has 0 aliphatic rings. The lowest BCUT2D eigenvalue weighted by Crippen LogP contribution is -2.20. The van der Waals surface area contributed by atoms with Gasteiger partial charge in [-0.1, -0.05) is 52.3 Å². The minimum atomic E-state index is -1.08. The van der Waals surface area contributed by atoms with E-state index < -0.39 is 12.2 Å². The van der Waals surface area contributed by atoms with Crippen LogP contribution >= 0.6 is 15.9 Å². The first kappa shape index (κ1) is 15.7. The predicted molar refractivity (Wildman–Crippen MR) is 85.5 cm³/mol. The van der Waals surface area contributed by atoms with Crippen LogP contribution in [0.5, 0.6) is 0 Å². The Labute approximate surface area is 131 Å². The summed E-state index contributed by atoms with van der Waals surface area (Å²) >= 11 is 3.11. The molecule has 0 aliphatic carbocycles. The molecule has 0 saturated carbocycles. The van der Waals surface area contributed by atoms with Crippen LogP contribution in [-0.4, -0.2) is 27.4 Å². The van der Waals surface area contributed by atoms with E-state index in [0.29, 0.717) is 22.4 Å². The maximum Gasteiger partial charge on any atom is 0.195 e. The van der Waals surface area contributed by atoms with Crippen molar-refractivity contribution in [3.8, 4) is 0 Å². The Morgan fingerprint density at radius 3 is 2.43 bits per heavy atom. The largest absolute Gasteiger partial charge is 0.398 e. The van der Waals surface area contributed by atoms with Gasteiger partial charge in [0.05, 0.1) is 6.10 Å². The summed E-state index contributed by atoms with van der Waals surface area (Å²) in [5, 5.41) is 19.9. The molecule has 0 amide bonds. The summed E-state index contributed by atoms with van der Waals surface area (Å²) in [6.45, 7) is 0. The van der Waals surface area contributed by atoms with Crippen LogP contribution in [0.3, 0.4) is 0 Å². The van der Waals surface area contributed by atoms with Crippen molar-refractivity contribution in [2.24, 2.45) is 0 Å². The molecule has 2 aromatic rings. The van der Waals surface area contributed by atoms with Crippen molar-refractivity contribution >= 4 is 27.4 Å². The number of carbonyl (C=O) groups is 1. The number of hydrogen-bond donors (Lipinski definition) is 3. The van der Waals surface area contributed by atoms with Gasteiger partial charge in [-0.15, -0.1) is 0 Å². The van der Waals surface area contributed by atoms with Crippen LogP contribution in [0.2, 0.25) is 0 Å². The Kier molecular flexibility index (Phi) is 5.12. The molecule has 0 heterocycles. The Balaban J connectivity index is 2.38. The summed E-state index contributed by atoms with van der Waals surface area (Å²) in [5.41, 5.74) is 7.50. The number of anilines is 1. The minimum Gasteiger partial charge on any atom is -0.398 e. The van der Waals surface area contributed by atoms with Crippen LogP contribution in [0.15, 0.2) is 48.5 Å². The Bertz CT molecular complexity index is 631. The highest BCUT2D eigenvalue weighted by Gasteiger charge is 2.20. The summed E-state index contributed by atoms with van der Waals surface area (Å²) in [6, 6.07) is 13.5. The predicted octanol–water partition coefficient (Wildman–Crippen LogP) is 2.29. The zero-order valence-electron chi connectivity index (χ0n) is 11.2. The molecule has 5 heteroatoms. The van der Waals surface area contributed by atoms with E-state index in [-0.39, 0.29) is 11.1 Å². The highest BCUT2D eigenvalue weighted by Crippen LogP contribution is 2.24. The molecule has 2 atom stereocenters. The van der Waals surface area contributed by atoms with E-state index in [0.717, 1.165) is 0 Å². The number of aliphatic hydroxyl groups is 2. The number of nitrogens with two attached hydrogens (primary N) is 1. The molecule has 4 N–H and O–H groups in total. The third-order valence-electron chi connectivity index (χ3n) is 3.22. The average molecular weight is 350 g/mol. The second-order valence-corrected chi connectivity index (χ2v) is 5.36. The van der Waals surface area contributed by atoms with Crippen LogP contribution < -0.4 is 5.73 Å². The third-order valence-corrected chi connectivity index (χ3v) is 3.89. The zero-order chi connectivity index (χ0) is 15.4. The summed E-state index contributed by atoms with van der Waals surface area (Å²) < 4.78 is 0. The van der Waals surface area contributed by atoms with Crippen molar-refractivity contribution in [2.75, 3.05) is 11.1 Å². The van der Waals surface area contributed by atoms with Crippen LogP contribution in [0.4, 0.5) is 5.69 Å². The lowest BCUT2D eigenvalue weighted by atomic mass is 9.96. The van der Waals surface area contributed by atoms with Crippen LogP contribution in [0, 0.1) is 0 Å². The van der Waals surface area contributed by atoms with Crippen molar-refractivity contribution in [3.05, 3.63) is 65.2 Å². The summed E-state index contributed by atoms with van der Waals surface area (Å²) in [6.07, 6.45) is -2.03. The van der Waals surface area contributed by atoms with Gasteiger partial charge in [0.1, 0.15) is 6.10 Å². The lowest BCUT2D eigenvalue weighted by Gasteiger charge is -2.17. The standard InChI is InChI=1S/C16H16BrNO3/c17-9-14(19)16(21)11-6-7-13(18)12(8-11)15(20)10-4-2-1-3-5-10/h1-8,14,16,19,21H,9,18H2. The molecule has 2 unspecified atom stereocenters. The van der Waals surface area contributed by atoms with Gasteiger partial charge in [0.25, 0.3) is 0 Å². The molecular formula is C16H16BrNO3. The Morgan fingerprint density at radius 1 is 1.14 bits per heavy atom. The monoisotopic (exact) mass is 349 g/mol. The molecule has 0 spiro atoms. The maximum absolute atomic E-state index is 12.4. The van der Waals surface area contributed by atoms with Crippen LogP contribution in [0.25, 0.3) is 0 Å². The molecule has 0 aliphatic heterocycles. The molecule has 21 heavy (non-hydrogen) atoms. The first-order valence-electron chi connectivity index (χ1n) is 6.46. The van der Waals surface area contributed by atoms with Gasteiger partial charge in [-0.05, 0) is 17.7 Å². The van der Waals surface area contributed by atoms with Gasteiger partial charge < -0.3 is 15.9 Å². The summed E-state index contributed by atoms with van der Waals surface area (Å²) in [4.78, 5) is 12.4. The van der Waals surface area contributed by atoms with E-state index in [2.05, 4.69) is 15.9 Å². The highest BCUT2D eigenvalue weighted by atomic mass is 79.9. The van der Waals surface area contributed by atoms with Crippen LogP contribution in [0.1, 0.15) is 27.6 Å². The van der Waals surface area contributed by atoms with Crippen molar-refractivity contribution < 1.29 is 15.0 Å². The normalized spacial score (nSPS) is 13.7. The first-order valence-corrected chi connectivity index (χ1v) is 7.58. The number of ketones is 1. The number of halogens is 1. The number of alkyl halides is 1. The number of aliphatic hydroxyl groups excluding tert-OH is 2. The van der Waals surface area contributed by atoms with Gasteiger partial charge in [-0.3, -0.25) is 4.79 Å². The topological polar surface area (TPSA) is 83.6 Å². The van der Waals surface area contributed by atoms with Crippen molar-refractivity contribution in [1.29, 1.82) is 0 Å². The van der Waals surface area contributed by atoms with Gasteiger partial charge in [0, 0.05) is 22.1 Å². The van der Waals surface area contributed by atoms with Crippen molar-refractivity contribution in [1.82, 2.24) is 0 Å². The Hall–Kier alpha value is -1.69. The van der Waals surface area contributed by atoms with Gasteiger partial charge in [-0.2, -0.15) is 0 Å². The van der Waals surface area contributed by atoms with E-state index in [1.54, 1.807) is 36.4 Å². The van der Waals surface area contributed by atoms with E-state index in [1.165, 1.54) is 6.07 Å². The van der Waals surface area contributed by atoms with E-state index in [4.69, 9.17) is 5.73 Å². The molecule has 110 valence electrons. The van der Waals surface area contributed by atoms with Gasteiger partial charge in [0.2, 0.25) is 0 Å². The fourth-order valence-corrected chi connectivity index (χ4v) is 2.36. The number of carbonyl (C=O) groups excluding carboxylic acids is 1.